The van der Waals surface area contributed by atoms with Crippen LogP contribution in [0.3, 0.4) is 0 Å². The van der Waals surface area contributed by atoms with Gasteiger partial charge in [0, 0.05) is 4.47 Å². The highest BCUT2D eigenvalue weighted by Gasteiger charge is 2.32. The molecule has 1 aromatic carbocycles. The molecule has 112 valence electrons. The second-order valence-electron chi connectivity index (χ2n) is 4.82. The van der Waals surface area contributed by atoms with Gasteiger partial charge in [-0.05, 0) is 39.0 Å². The largest absolute Gasteiger partial charge is 0.573 e. The highest BCUT2D eigenvalue weighted by Crippen LogP contribution is 2.33. The predicted octanol–water partition coefficient (Wildman–Crippen LogP) is 4.69. The molecule has 1 N–H and O–H groups in total. The smallest absolute Gasteiger partial charge is 0.444 e. The Morgan fingerprint density at radius 2 is 1.85 bits per heavy atom. The summed E-state index contributed by atoms with van der Waals surface area (Å²) in [5, 5.41) is 2.21. The third-order valence-electron chi connectivity index (χ3n) is 1.80. The van der Waals surface area contributed by atoms with Crippen molar-refractivity contribution in [3.8, 4) is 5.75 Å². The maximum absolute atomic E-state index is 12.3. The number of hydrogen-bond acceptors (Lipinski definition) is 3. The molecule has 0 heterocycles. The minimum atomic E-state index is -4.86. The summed E-state index contributed by atoms with van der Waals surface area (Å²) in [7, 11) is 0. The Kier molecular flexibility index (Phi) is 4.90. The topological polar surface area (TPSA) is 47.6 Å². The van der Waals surface area contributed by atoms with Gasteiger partial charge >= 0.3 is 12.5 Å². The molecular weight excluding hydrogens is 343 g/mol. The number of hydrogen-bond donors (Lipinski definition) is 1. The van der Waals surface area contributed by atoms with Gasteiger partial charge in [-0.25, -0.2) is 4.79 Å². The van der Waals surface area contributed by atoms with Gasteiger partial charge in [-0.2, -0.15) is 0 Å². The molecule has 0 atom stereocenters. The zero-order valence-electron chi connectivity index (χ0n) is 11.0. The first-order valence-corrected chi connectivity index (χ1v) is 6.31. The zero-order chi connectivity index (χ0) is 15.6. The maximum Gasteiger partial charge on any atom is 0.573 e. The molecule has 1 aromatic rings. The zero-order valence-corrected chi connectivity index (χ0v) is 12.6. The Bertz CT molecular complexity index is 498. The fourth-order valence-corrected chi connectivity index (χ4v) is 1.56. The number of nitrogens with one attached hydrogen (secondary N) is 1. The van der Waals surface area contributed by atoms with Crippen molar-refractivity contribution < 1.29 is 27.4 Å². The van der Waals surface area contributed by atoms with E-state index in [0.29, 0.717) is 4.47 Å². The number of anilines is 1. The fourth-order valence-electron chi connectivity index (χ4n) is 1.22. The maximum atomic E-state index is 12.3. The second-order valence-corrected chi connectivity index (χ2v) is 5.73. The Morgan fingerprint density at radius 3 is 2.35 bits per heavy atom. The summed E-state index contributed by atoms with van der Waals surface area (Å²) in [5.74, 6) is -0.530. The van der Waals surface area contributed by atoms with Gasteiger partial charge in [0.1, 0.15) is 5.60 Å². The van der Waals surface area contributed by atoms with E-state index in [4.69, 9.17) is 4.74 Å². The molecule has 0 unspecified atom stereocenters. The Labute approximate surface area is 122 Å². The van der Waals surface area contributed by atoms with Gasteiger partial charge in [0.25, 0.3) is 0 Å². The average Bonchev–Trinajstić information content (AvgIpc) is 2.17. The van der Waals surface area contributed by atoms with Crippen LogP contribution in [0.4, 0.5) is 23.7 Å². The van der Waals surface area contributed by atoms with Crippen LogP contribution in [0.5, 0.6) is 5.75 Å². The number of rotatable bonds is 2. The molecular formula is C12H13BrF3NO3. The van der Waals surface area contributed by atoms with Crippen LogP contribution in [0, 0.1) is 0 Å². The summed E-state index contributed by atoms with van der Waals surface area (Å²) in [4.78, 5) is 11.5. The van der Waals surface area contributed by atoms with Crippen molar-refractivity contribution >= 4 is 27.7 Å². The minimum absolute atomic E-state index is 0.139. The monoisotopic (exact) mass is 355 g/mol. The van der Waals surface area contributed by atoms with Crippen LogP contribution < -0.4 is 10.1 Å². The van der Waals surface area contributed by atoms with Crippen LogP contribution in [0.25, 0.3) is 0 Å². The van der Waals surface area contributed by atoms with Crippen molar-refractivity contribution in [1.29, 1.82) is 0 Å². The van der Waals surface area contributed by atoms with E-state index in [2.05, 4.69) is 26.0 Å². The minimum Gasteiger partial charge on any atom is -0.444 e. The van der Waals surface area contributed by atoms with E-state index >= 15 is 0 Å². The Hall–Kier alpha value is -1.44. The lowest BCUT2D eigenvalue weighted by Crippen LogP contribution is -2.27. The van der Waals surface area contributed by atoms with Crippen molar-refractivity contribution in [2.45, 2.75) is 32.7 Å². The van der Waals surface area contributed by atoms with Crippen LogP contribution in [0.15, 0.2) is 22.7 Å². The van der Waals surface area contributed by atoms with Gasteiger partial charge in [-0.15, -0.1) is 13.2 Å². The van der Waals surface area contributed by atoms with Gasteiger partial charge in [-0.1, -0.05) is 15.9 Å². The van der Waals surface area contributed by atoms with Crippen LogP contribution in [0.1, 0.15) is 20.8 Å². The standard InChI is InChI=1S/C12H13BrF3NO3/c1-11(2,3)20-10(18)17-8-5-4-7(13)6-9(8)19-12(14,15)16/h4-6H,1-3H3,(H,17,18). The molecule has 0 aliphatic rings. The molecule has 0 saturated heterocycles. The number of ether oxygens (including phenoxy) is 2. The predicted molar refractivity (Wildman–Crippen MR) is 70.7 cm³/mol. The van der Waals surface area contributed by atoms with E-state index in [1.807, 2.05) is 0 Å². The molecule has 20 heavy (non-hydrogen) atoms. The summed E-state index contributed by atoms with van der Waals surface area (Å²) in [5.41, 5.74) is -0.899. The van der Waals surface area contributed by atoms with Crippen molar-refractivity contribution in [1.82, 2.24) is 0 Å². The van der Waals surface area contributed by atoms with Gasteiger partial charge in [-0.3, -0.25) is 5.32 Å². The summed E-state index contributed by atoms with van der Waals surface area (Å²) in [6, 6.07) is 3.84. The lowest BCUT2D eigenvalue weighted by Gasteiger charge is -2.20. The van der Waals surface area contributed by atoms with Crippen molar-refractivity contribution in [2.24, 2.45) is 0 Å². The van der Waals surface area contributed by atoms with E-state index in [-0.39, 0.29) is 5.69 Å². The highest BCUT2D eigenvalue weighted by atomic mass is 79.9. The van der Waals surface area contributed by atoms with Crippen molar-refractivity contribution in [3.63, 3.8) is 0 Å². The van der Waals surface area contributed by atoms with E-state index in [0.717, 1.165) is 6.07 Å². The first-order chi connectivity index (χ1) is 8.96. The van der Waals surface area contributed by atoms with Crippen LogP contribution in [-0.4, -0.2) is 18.1 Å². The van der Waals surface area contributed by atoms with Crippen molar-refractivity contribution in [2.75, 3.05) is 5.32 Å². The van der Waals surface area contributed by atoms with Crippen LogP contribution in [0.2, 0.25) is 0 Å². The summed E-state index contributed by atoms with van der Waals surface area (Å²) in [6.07, 6.45) is -5.72. The number of halogens is 4. The van der Waals surface area contributed by atoms with Gasteiger partial charge in [0.2, 0.25) is 0 Å². The third-order valence-corrected chi connectivity index (χ3v) is 2.30. The molecule has 0 bridgehead atoms. The Balaban J connectivity index is 2.92. The van der Waals surface area contributed by atoms with E-state index in [9.17, 15) is 18.0 Å². The third kappa shape index (κ3) is 6.14. The van der Waals surface area contributed by atoms with Gasteiger partial charge in [0.15, 0.2) is 5.75 Å². The highest BCUT2D eigenvalue weighted by molar-refractivity contribution is 9.10. The SMILES string of the molecule is CC(C)(C)OC(=O)Nc1ccc(Br)cc1OC(F)(F)F. The van der Waals surface area contributed by atoms with Gasteiger partial charge < -0.3 is 9.47 Å². The first kappa shape index (κ1) is 16.6. The summed E-state index contributed by atoms with van der Waals surface area (Å²) >= 11 is 3.03. The molecule has 0 spiro atoms. The summed E-state index contributed by atoms with van der Waals surface area (Å²) < 4.78 is 46.0. The Morgan fingerprint density at radius 1 is 1.25 bits per heavy atom. The van der Waals surface area contributed by atoms with Crippen molar-refractivity contribution in [3.05, 3.63) is 22.7 Å². The second kappa shape index (κ2) is 5.90. The fraction of sp³-hybridized carbons (Fsp3) is 0.417. The molecule has 1 rings (SSSR count). The molecule has 0 fully saturated rings. The molecule has 0 saturated carbocycles. The van der Waals surface area contributed by atoms with Crippen LogP contribution in [-0.2, 0) is 4.74 Å². The number of amides is 1. The van der Waals surface area contributed by atoms with E-state index < -0.39 is 23.8 Å². The lowest BCUT2D eigenvalue weighted by atomic mass is 10.2. The number of benzene rings is 1. The molecule has 8 heteroatoms. The van der Waals surface area contributed by atoms with Crippen LogP contribution >= 0.6 is 15.9 Å². The summed E-state index contributed by atoms with van der Waals surface area (Å²) in [6.45, 7) is 4.92. The molecule has 0 aromatic heterocycles. The van der Waals surface area contributed by atoms with E-state index in [1.165, 1.54) is 12.1 Å². The molecule has 0 radical (unpaired) electrons. The molecule has 1 amide bonds. The molecule has 0 aliphatic heterocycles. The normalized spacial score (nSPS) is 11.9. The molecule has 0 aliphatic carbocycles. The number of carbonyl (C=O) groups is 1. The first-order valence-electron chi connectivity index (χ1n) is 5.51. The number of carbonyl (C=O) groups excluding carboxylic acids is 1. The quantitative estimate of drug-likeness (QED) is 0.836. The lowest BCUT2D eigenvalue weighted by molar-refractivity contribution is -0.274. The number of alkyl halides is 3. The molecule has 4 nitrogen and oxygen atoms in total. The van der Waals surface area contributed by atoms with Gasteiger partial charge in [0.05, 0.1) is 5.69 Å². The average molecular weight is 356 g/mol. The van der Waals surface area contributed by atoms with E-state index in [1.54, 1.807) is 20.8 Å².